The van der Waals surface area contributed by atoms with Crippen LogP contribution in [0.1, 0.15) is 58.9 Å². The molecule has 1 aromatic rings. The molecule has 0 unspecified atom stereocenters. The molecule has 132 valence electrons. The fourth-order valence-electron chi connectivity index (χ4n) is 3.24. The van der Waals surface area contributed by atoms with E-state index in [1.54, 1.807) is 12.1 Å². The van der Waals surface area contributed by atoms with Gasteiger partial charge in [0.2, 0.25) is 5.91 Å². The first-order valence-corrected chi connectivity index (χ1v) is 9.23. The van der Waals surface area contributed by atoms with Gasteiger partial charge in [-0.2, -0.15) is 5.10 Å². The minimum Gasteiger partial charge on any atom is -0.273 e. The van der Waals surface area contributed by atoms with Gasteiger partial charge in [-0.1, -0.05) is 50.0 Å². The van der Waals surface area contributed by atoms with Crippen molar-refractivity contribution >= 4 is 34.8 Å². The lowest BCUT2D eigenvalue weighted by atomic mass is 9.70. The molecule has 1 fully saturated rings. The first-order valence-electron chi connectivity index (χ1n) is 8.48. The molecule has 0 spiro atoms. The zero-order valence-electron chi connectivity index (χ0n) is 14.8. The molecule has 1 aromatic carbocycles. The summed E-state index contributed by atoms with van der Waals surface area (Å²) in [6.45, 7) is 8.69. The van der Waals surface area contributed by atoms with Gasteiger partial charge in [-0.05, 0) is 61.6 Å². The van der Waals surface area contributed by atoms with E-state index in [1.165, 1.54) is 0 Å². The fourth-order valence-corrected chi connectivity index (χ4v) is 3.54. The van der Waals surface area contributed by atoms with Gasteiger partial charge in [0.1, 0.15) is 0 Å². The van der Waals surface area contributed by atoms with Crippen molar-refractivity contribution in [3.05, 3.63) is 33.8 Å². The number of nitrogens with zero attached hydrogens (tertiary/aromatic N) is 1. The molecule has 0 atom stereocenters. The largest absolute Gasteiger partial charge is 0.273 e. The van der Waals surface area contributed by atoms with Crippen molar-refractivity contribution in [1.82, 2.24) is 5.43 Å². The molecule has 3 nitrogen and oxygen atoms in total. The van der Waals surface area contributed by atoms with Crippen molar-refractivity contribution in [3.63, 3.8) is 0 Å². The summed E-state index contributed by atoms with van der Waals surface area (Å²) >= 11 is 11.9. The van der Waals surface area contributed by atoms with E-state index < -0.39 is 0 Å². The lowest BCUT2D eigenvalue weighted by molar-refractivity contribution is -0.126. The highest BCUT2D eigenvalue weighted by Gasteiger charge is 2.32. The van der Waals surface area contributed by atoms with E-state index in [9.17, 15) is 4.79 Å². The van der Waals surface area contributed by atoms with Crippen LogP contribution in [0, 0.1) is 17.3 Å². The Hall–Kier alpha value is -1.06. The average molecular weight is 369 g/mol. The molecule has 0 radical (unpaired) electrons. The number of hydrogen-bond acceptors (Lipinski definition) is 2. The number of carbonyl (C=O) groups is 1. The van der Waals surface area contributed by atoms with Gasteiger partial charge in [-0.3, -0.25) is 4.79 Å². The average Bonchev–Trinajstić information content (AvgIpc) is 2.54. The van der Waals surface area contributed by atoms with Gasteiger partial charge < -0.3 is 0 Å². The monoisotopic (exact) mass is 368 g/mol. The zero-order valence-corrected chi connectivity index (χ0v) is 16.3. The SMILES string of the molecule is C/C(=N/NC(=O)C1CCC(C(C)(C)C)CC1)c1ccc(Cl)c(Cl)c1. The lowest BCUT2D eigenvalue weighted by Gasteiger charge is -2.36. The minimum atomic E-state index is 0.0155. The van der Waals surface area contributed by atoms with E-state index in [0.29, 0.717) is 27.1 Å². The van der Waals surface area contributed by atoms with Crippen LogP contribution >= 0.6 is 23.2 Å². The van der Waals surface area contributed by atoms with Crippen LogP contribution in [0.25, 0.3) is 0 Å². The Morgan fingerprint density at radius 3 is 2.29 bits per heavy atom. The Morgan fingerprint density at radius 1 is 1.12 bits per heavy atom. The maximum atomic E-state index is 12.3. The minimum absolute atomic E-state index is 0.0155. The van der Waals surface area contributed by atoms with Crippen molar-refractivity contribution in [3.8, 4) is 0 Å². The number of amides is 1. The van der Waals surface area contributed by atoms with Crippen LogP contribution in [0.5, 0.6) is 0 Å². The third-order valence-corrected chi connectivity index (χ3v) is 5.73. The van der Waals surface area contributed by atoms with Gasteiger partial charge in [-0.25, -0.2) is 5.43 Å². The Balaban J connectivity index is 1.92. The van der Waals surface area contributed by atoms with Crippen molar-refractivity contribution in [2.45, 2.75) is 53.4 Å². The number of hydrogen-bond donors (Lipinski definition) is 1. The predicted octanol–water partition coefficient (Wildman–Crippen LogP) is 5.69. The summed E-state index contributed by atoms with van der Waals surface area (Å²) < 4.78 is 0. The summed E-state index contributed by atoms with van der Waals surface area (Å²) in [6, 6.07) is 5.32. The highest BCUT2D eigenvalue weighted by atomic mass is 35.5. The van der Waals surface area contributed by atoms with Crippen molar-refractivity contribution < 1.29 is 4.79 Å². The molecule has 1 saturated carbocycles. The van der Waals surface area contributed by atoms with Crippen LogP contribution in [-0.4, -0.2) is 11.6 Å². The molecule has 2 rings (SSSR count). The highest BCUT2D eigenvalue weighted by Crippen LogP contribution is 2.39. The quantitative estimate of drug-likeness (QED) is 0.540. The first-order chi connectivity index (χ1) is 11.2. The summed E-state index contributed by atoms with van der Waals surface area (Å²) in [5.74, 6) is 0.777. The number of benzene rings is 1. The second-order valence-electron chi connectivity index (χ2n) is 7.72. The van der Waals surface area contributed by atoms with E-state index in [1.807, 2.05) is 13.0 Å². The number of rotatable bonds is 3. The van der Waals surface area contributed by atoms with E-state index in [4.69, 9.17) is 23.2 Å². The van der Waals surface area contributed by atoms with Crippen LogP contribution in [0.2, 0.25) is 10.0 Å². The number of carbonyl (C=O) groups excluding carboxylic acids is 1. The molecule has 1 aliphatic rings. The summed E-state index contributed by atoms with van der Waals surface area (Å²) in [4.78, 5) is 12.3. The Morgan fingerprint density at radius 2 is 1.75 bits per heavy atom. The summed E-state index contributed by atoms with van der Waals surface area (Å²) in [7, 11) is 0. The molecule has 0 heterocycles. The van der Waals surface area contributed by atoms with E-state index in [-0.39, 0.29) is 11.8 Å². The lowest BCUT2D eigenvalue weighted by Crippen LogP contribution is -2.33. The molecular formula is C19H26Cl2N2O. The van der Waals surface area contributed by atoms with Gasteiger partial charge in [0.25, 0.3) is 0 Å². The van der Waals surface area contributed by atoms with E-state index in [2.05, 4.69) is 31.3 Å². The van der Waals surface area contributed by atoms with Gasteiger partial charge in [0, 0.05) is 5.92 Å². The third-order valence-electron chi connectivity index (χ3n) is 4.99. The molecule has 0 aliphatic heterocycles. The fraction of sp³-hybridized carbons (Fsp3) is 0.579. The number of hydrazone groups is 1. The second kappa shape index (κ2) is 7.88. The van der Waals surface area contributed by atoms with E-state index in [0.717, 1.165) is 31.2 Å². The van der Waals surface area contributed by atoms with Crippen molar-refractivity contribution in [2.24, 2.45) is 22.4 Å². The maximum Gasteiger partial charge on any atom is 0.243 e. The number of halogens is 2. The predicted molar refractivity (Wildman–Crippen MR) is 102 cm³/mol. The third kappa shape index (κ3) is 4.97. The van der Waals surface area contributed by atoms with Crippen LogP contribution in [0.15, 0.2) is 23.3 Å². The number of nitrogens with one attached hydrogen (secondary N) is 1. The van der Waals surface area contributed by atoms with Crippen molar-refractivity contribution in [1.29, 1.82) is 0 Å². The highest BCUT2D eigenvalue weighted by molar-refractivity contribution is 6.42. The standard InChI is InChI=1S/C19H26Cl2N2O/c1-12(14-7-10-16(20)17(21)11-14)22-23-18(24)13-5-8-15(9-6-13)19(2,3)4/h7,10-11,13,15H,5-6,8-9H2,1-4H3,(H,23,24)/b22-12-. The second-order valence-corrected chi connectivity index (χ2v) is 8.53. The van der Waals surface area contributed by atoms with Gasteiger partial charge >= 0.3 is 0 Å². The van der Waals surface area contributed by atoms with Crippen molar-refractivity contribution in [2.75, 3.05) is 0 Å². The van der Waals surface area contributed by atoms with Crippen LogP contribution < -0.4 is 5.43 Å². The molecule has 0 saturated heterocycles. The molecule has 5 heteroatoms. The van der Waals surface area contributed by atoms with Gasteiger partial charge in [0.05, 0.1) is 15.8 Å². The van der Waals surface area contributed by atoms with Crippen LogP contribution in [-0.2, 0) is 4.79 Å². The van der Waals surface area contributed by atoms with Crippen LogP contribution in [0.4, 0.5) is 0 Å². The zero-order chi connectivity index (χ0) is 17.9. The normalized spacial score (nSPS) is 22.3. The van der Waals surface area contributed by atoms with Gasteiger partial charge in [-0.15, -0.1) is 0 Å². The maximum absolute atomic E-state index is 12.3. The smallest absolute Gasteiger partial charge is 0.243 e. The molecule has 0 aromatic heterocycles. The molecule has 24 heavy (non-hydrogen) atoms. The Kier molecular flexibility index (Phi) is 6.33. The molecule has 1 amide bonds. The molecular weight excluding hydrogens is 343 g/mol. The topological polar surface area (TPSA) is 41.5 Å². The van der Waals surface area contributed by atoms with Crippen LogP contribution in [0.3, 0.4) is 0 Å². The van der Waals surface area contributed by atoms with E-state index >= 15 is 0 Å². The van der Waals surface area contributed by atoms with Gasteiger partial charge in [0.15, 0.2) is 0 Å². The Labute approximate surface area is 154 Å². The first kappa shape index (κ1) is 19.3. The Bertz CT molecular complexity index is 627. The molecule has 0 bridgehead atoms. The molecule has 1 aliphatic carbocycles. The molecule has 1 N–H and O–H groups in total. The summed E-state index contributed by atoms with van der Waals surface area (Å²) in [6.07, 6.45) is 4.10. The summed E-state index contributed by atoms with van der Waals surface area (Å²) in [5.41, 5.74) is 4.60. The summed E-state index contributed by atoms with van der Waals surface area (Å²) in [5, 5.41) is 5.21.